The molecule has 0 aliphatic rings. The Morgan fingerprint density at radius 2 is 1.70 bits per heavy atom. The molecular formula is C18H15NO8. The third kappa shape index (κ3) is 3.17. The number of hydrogen-bond donors (Lipinski definition) is 4. The van der Waals surface area contributed by atoms with E-state index in [1.807, 2.05) is 0 Å². The average molecular weight is 373 g/mol. The molecule has 0 spiro atoms. The number of carbonyl (C=O) groups is 1. The molecule has 0 atom stereocenters. The summed E-state index contributed by atoms with van der Waals surface area (Å²) in [5, 5.41) is 38.6. The van der Waals surface area contributed by atoms with Crippen LogP contribution in [0.25, 0.3) is 22.3 Å². The van der Waals surface area contributed by atoms with Gasteiger partial charge in [-0.3, -0.25) is 4.79 Å². The van der Waals surface area contributed by atoms with Gasteiger partial charge < -0.3 is 34.5 Å². The molecule has 0 aliphatic carbocycles. The SMILES string of the molecule is CN(C)C(=O)Oc1c(-c2ccc(O)c(O)c2)oc2cc(O)cc(O)c2c1=O. The molecule has 0 radical (unpaired) electrons. The van der Waals surface area contributed by atoms with Crippen molar-refractivity contribution in [3.05, 3.63) is 40.6 Å². The first kappa shape index (κ1) is 17.9. The van der Waals surface area contributed by atoms with Crippen molar-refractivity contribution in [1.82, 2.24) is 4.90 Å². The molecule has 4 N–H and O–H groups in total. The number of phenolic OH excluding ortho intramolecular Hbond substituents is 4. The zero-order chi connectivity index (χ0) is 19.9. The van der Waals surface area contributed by atoms with Gasteiger partial charge in [0.25, 0.3) is 0 Å². The van der Waals surface area contributed by atoms with Crippen LogP contribution in [0.1, 0.15) is 0 Å². The lowest BCUT2D eigenvalue weighted by molar-refractivity contribution is 0.171. The summed E-state index contributed by atoms with van der Waals surface area (Å²) >= 11 is 0. The lowest BCUT2D eigenvalue weighted by atomic mass is 10.1. The fourth-order valence-corrected chi connectivity index (χ4v) is 2.39. The van der Waals surface area contributed by atoms with Crippen LogP contribution in [0.3, 0.4) is 0 Å². The first-order valence-electron chi connectivity index (χ1n) is 7.63. The summed E-state index contributed by atoms with van der Waals surface area (Å²) in [7, 11) is 2.82. The standard InChI is InChI=1S/C18H15NO8/c1-19(2)18(25)27-17-15(24)14-12(23)6-9(20)7-13(14)26-16(17)8-3-4-10(21)11(22)5-8/h3-7,20-23H,1-2H3. The minimum atomic E-state index is -0.871. The van der Waals surface area contributed by atoms with E-state index in [9.17, 15) is 30.0 Å². The smallest absolute Gasteiger partial charge is 0.414 e. The summed E-state index contributed by atoms with van der Waals surface area (Å²) in [6.07, 6.45) is -0.871. The maximum Gasteiger partial charge on any atom is 0.414 e. The monoisotopic (exact) mass is 373 g/mol. The molecule has 0 fully saturated rings. The lowest BCUT2D eigenvalue weighted by Crippen LogP contribution is -2.27. The van der Waals surface area contributed by atoms with Crippen molar-refractivity contribution in [3.63, 3.8) is 0 Å². The van der Waals surface area contributed by atoms with Gasteiger partial charge in [-0.05, 0) is 18.2 Å². The highest BCUT2D eigenvalue weighted by Crippen LogP contribution is 2.38. The van der Waals surface area contributed by atoms with E-state index in [1.165, 1.54) is 20.2 Å². The molecule has 0 saturated heterocycles. The van der Waals surface area contributed by atoms with Crippen molar-refractivity contribution in [3.8, 4) is 40.1 Å². The Morgan fingerprint density at radius 1 is 1.00 bits per heavy atom. The van der Waals surface area contributed by atoms with Gasteiger partial charge in [-0.1, -0.05) is 0 Å². The summed E-state index contributed by atoms with van der Waals surface area (Å²) in [5.41, 5.74) is -0.898. The van der Waals surface area contributed by atoms with Crippen LogP contribution in [0.15, 0.2) is 39.5 Å². The summed E-state index contributed by atoms with van der Waals surface area (Å²) in [6.45, 7) is 0. The molecule has 2 aromatic carbocycles. The van der Waals surface area contributed by atoms with Crippen molar-refractivity contribution in [2.75, 3.05) is 14.1 Å². The summed E-state index contributed by atoms with van der Waals surface area (Å²) in [4.78, 5) is 25.9. The fourth-order valence-electron chi connectivity index (χ4n) is 2.39. The van der Waals surface area contributed by atoms with Gasteiger partial charge in [0.15, 0.2) is 17.3 Å². The van der Waals surface area contributed by atoms with Gasteiger partial charge in [0, 0.05) is 31.8 Å². The largest absolute Gasteiger partial charge is 0.508 e. The molecule has 1 heterocycles. The van der Waals surface area contributed by atoms with E-state index in [-0.39, 0.29) is 28.0 Å². The highest BCUT2D eigenvalue weighted by Gasteiger charge is 2.24. The Morgan fingerprint density at radius 3 is 2.33 bits per heavy atom. The van der Waals surface area contributed by atoms with Gasteiger partial charge in [-0.15, -0.1) is 0 Å². The number of phenols is 4. The molecule has 1 aromatic heterocycles. The van der Waals surface area contributed by atoms with Crippen molar-refractivity contribution >= 4 is 17.1 Å². The number of nitrogens with zero attached hydrogens (tertiary/aromatic N) is 1. The number of rotatable bonds is 2. The van der Waals surface area contributed by atoms with E-state index in [4.69, 9.17) is 9.15 Å². The number of aromatic hydroxyl groups is 4. The number of carbonyl (C=O) groups excluding carboxylic acids is 1. The Kier molecular flexibility index (Phi) is 4.28. The number of benzene rings is 2. The first-order chi connectivity index (χ1) is 12.7. The average Bonchev–Trinajstić information content (AvgIpc) is 2.58. The molecule has 0 aliphatic heterocycles. The Bertz CT molecular complexity index is 1120. The fraction of sp³-hybridized carbons (Fsp3) is 0.111. The minimum Gasteiger partial charge on any atom is -0.508 e. The zero-order valence-corrected chi connectivity index (χ0v) is 14.3. The van der Waals surface area contributed by atoms with Crippen molar-refractivity contribution in [2.24, 2.45) is 0 Å². The molecule has 140 valence electrons. The van der Waals surface area contributed by atoms with Gasteiger partial charge in [-0.25, -0.2) is 4.79 Å². The number of amides is 1. The molecule has 1 amide bonds. The predicted molar refractivity (Wildman–Crippen MR) is 94.3 cm³/mol. The maximum atomic E-state index is 12.9. The number of fused-ring (bicyclic) bond motifs is 1. The molecule has 3 rings (SSSR count). The summed E-state index contributed by atoms with van der Waals surface area (Å²) in [6, 6.07) is 5.65. The van der Waals surface area contributed by atoms with Crippen LogP contribution in [0, 0.1) is 0 Å². The molecule has 3 aromatic rings. The lowest BCUT2D eigenvalue weighted by Gasteiger charge is -2.14. The maximum absolute atomic E-state index is 12.9. The molecule has 0 saturated carbocycles. The van der Waals surface area contributed by atoms with Crippen molar-refractivity contribution < 1.29 is 34.4 Å². The van der Waals surface area contributed by atoms with Crippen LogP contribution in [0.5, 0.6) is 28.7 Å². The van der Waals surface area contributed by atoms with E-state index < -0.39 is 34.5 Å². The third-order valence-corrected chi connectivity index (χ3v) is 3.71. The second-order valence-electron chi connectivity index (χ2n) is 5.89. The number of ether oxygens (including phenoxy) is 1. The van der Waals surface area contributed by atoms with Gasteiger partial charge in [0.1, 0.15) is 22.5 Å². The highest BCUT2D eigenvalue weighted by atomic mass is 16.6. The molecule has 0 bridgehead atoms. The van der Waals surface area contributed by atoms with E-state index in [1.54, 1.807) is 0 Å². The van der Waals surface area contributed by atoms with Gasteiger partial charge in [-0.2, -0.15) is 0 Å². The topological polar surface area (TPSA) is 141 Å². The van der Waals surface area contributed by atoms with Gasteiger partial charge in [0.2, 0.25) is 11.2 Å². The van der Waals surface area contributed by atoms with Gasteiger partial charge in [0.05, 0.1) is 0 Å². The summed E-state index contributed by atoms with van der Waals surface area (Å²) < 4.78 is 10.7. The van der Waals surface area contributed by atoms with E-state index in [0.29, 0.717) is 0 Å². The van der Waals surface area contributed by atoms with Crippen LogP contribution < -0.4 is 10.2 Å². The van der Waals surface area contributed by atoms with Crippen LogP contribution in [-0.4, -0.2) is 45.5 Å². The van der Waals surface area contributed by atoms with Crippen LogP contribution in [0.2, 0.25) is 0 Å². The van der Waals surface area contributed by atoms with Crippen LogP contribution in [0.4, 0.5) is 4.79 Å². The minimum absolute atomic E-state index is 0.119. The Balaban J connectivity index is 2.36. The zero-order valence-electron chi connectivity index (χ0n) is 14.3. The molecule has 9 heteroatoms. The Hall–Kier alpha value is -3.88. The number of hydrogen-bond acceptors (Lipinski definition) is 8. The van der Waals surface area contributed by atoms with E-state index in [2.05, 4.69) is 0 Å². The second-order valence-corrected chi connectivity index (χ2v) is 5.89. The highest BCUT2D eigenvalue weighted by molar-refractivity contribution is 5.89. The van der Waals surface area contributed by atoms with Crippen LogP contribution >= 0.6 is 0 Å². The van der Waals surface area contributed by atoms with E-state index >= 15 is 0 Å². The third-order valence-electron chi connectivity index (χ3n) is 3.71. The van der Waals surface area contributed by atoms with Crippen molar-refractivity contribution in [1.29, 1.82) is 0 Å². The van der Waals surface area contributed by atoms with Gasteiger partial charge >= 0.3 is 6.09 Å². The first-order valence-corrected chi connectivity index (χ1v) is 7.63. The normalized spacial score (nSPS) is 10.7. The quantitative estimate of drug-likeness (QED) is 0.502. The second kappa shape index (κ2) is 6.45. The molecule has 27 heavy (non-hydrogen) atoms. The molecule has 9 nitrogen and oxygen atoms in total. The van der Waals surface area contributed by atoms with Crippen molar-refractivity contribution in [2.45, 2.75) is 0 Å². The molecule has 0 unspecified atom stereocenters. The summed E-state index contributed by atoms with van der Waals surface area (Å²) in [5.74, 6) is -2.54. The predicted octanol–water partition coefficient (Wildman–Crippen LogP) is 2.34. The van der Waals surface area contributed by atoms with E-state index in [0.717, 1.165) is 29.2 Å². The molecular weight excluding hydrogens is 358 g/mol. The Labute approximate surface area is 151 Å². The van der Waals surface area contributed by atoms with Crippen LogP contribution in [-0.2, 0) is 0 Å².